The number of halogens is 1. The Kier molecular flexibility index (Phi) is 5.55. The van der Waals surface area contributed by atoms with E-state index >= 15 is 4.39 Å². The number of methoxy groups -OCH3 is 1. The predicted molar refractivity (Wildman–Crippen MR) is 123 cm³/mol. The van der Waals surface area contributed by atoms with E-state index in [4.69, 9.17) is 9.47 Å². The van der Waals surface area contributed by atoms with Gasteiger partial charge in [-0.1, -0.05) is 43.4 Å². The maximum Gasteiger partial charge on any atom is 0.350 e. The van der Waals surface area contributed by atoms with Crippen molar-refractivity contribution in [3.8, 4) is 0 Å². The lowest BCUT2D eigenvalue weighted by Gasteiger charge is -2.40. The van der Waals surface area contributed by atoms with Crippen LogP contribution in [0.15, 0.2) is 35.6 Å². The Labute approximate surface area is 200 Å². The highest BCUT2D eigenvalue weighted by Gasteiger charge is 2.54. The van der Waals surface area contributed by atoms with Crippen LogP contribution in [0.2, 0.25) is 0 Å². The first-order chi connectivity index (χ1) is 16.2. The molecule has 1 saturated carbocycles. The minimum Gasteiger partial charge on any atom is -0.483 e. The van der Waals surface area contributed by atoms with Crippen LogP contribution in [0.1, 0.15) is 53.7 Å². The lowest BCUT2D eigenvalue weighted by atomic mass is 9.70. The largest absolute Gasteiger partial charge is 0.483 e. The number of aromatic nitrogens is 1. The van der Waals surface area contributed by atoms with E-state index in [0.717, 1.165) is 11.3 Å². The molecule has 34 heavy (non-hydrogen) atoms. The number of Topliss-reactive ketones (excluding diaryl/α,β-unsaturated/α-hetero) is 1. The average molecular weight is 485 g/mol. The van der Waals surface area contributed by atoms with Gasteiger partial charge in [-0.15, -0.1) is 0 Å². The maximum atomic E-state index is 15.1. The van der Waals surface area contributed by atoms with Gasteiger partial charge in [-0.2, -0.15) is 0 Å². The van der Waals surface area contributed by atoms with Crippen LogP contribution in [-0.4, -0.2) is 35.9 Å². The molecule has 1 aliphatic carbocycles. The van der Waals surface area contributed by atoms with Gasteiger partial charge in [-0.05, 0) is 37.7 Å². The fraction of sp³-hybridized carbons (Fsp3) is 0.440. The van der Waals surface area contributed by atoms with Gasteiger partial charge < -0.3 is 9.47 Å². The number of esters is 1. The Morgan fingerprint density at radius 3 is 2.62 bits per heavy atom. The number of rotatable bonds is 3. The van der Waals surface area contributed by atoms with Crippen LogP contribution in [0, 0.1) is 30.5 Å². The topological polar surface area (TPSA) is 85.8 Å². The number of amides is 1. The van der Waals surface area contributed by atoms with Crippen molar-refractivity contribution in [2.45, 2.75) is 45.8 Å². The molecule has 5 atom stereocenters. The van der Waals surface area contributed by atoms with E-state index < -0.39 is 23.7 Å². The van der Waals surface area contributed by atoms with Gasteiger partial charge in [0, 0.05) is 5.56 Å². The molecule has 1 fully saturated rings. The molecule has 1 aromatic heterocycles. The van der Waals surface area contributed by atoms with Crippen molar-refractivity contribution in [3.63, 3.8) is 0 Å². The van der Waals surface area contributed by atoms with Crippen LogP contribution in [0.4, 0.5) is 9.52 Å². The summed E-state index contributed by atoms with van der Waals surface area (Å²) in [6.45, 7) is 5.87. The van der Waals surface area contributed by atoms with Gasteiger partial charge in [0.15, 0.2) is 16.7 Å². The van der Waals surface area contributed by atoms with Crippen molar-refractivity contribution in [2.75, 3.05) is 12.0 Å². The number of hydrogen-bond donors (Lipinski definition) is 0. The summed E-state index contributed by atoms with van der Waals surface area (Å²) in [5.74, 6) is -1.56. The van der Waals surface area contributed by atoms with Gasteiger partial charge in [-0.25, -0.2) is 14.2 Å². The van der Waals surface area contributed by atoms with Gasteiger partial charge in [0.05, 0.1) is 24.3 Å². The van der Waals surface area contributed by atoms with Crippen LogP contribution in [-0.2, 0) is 19.1 Å². The SMILES string of the molecule is COC(=O)c1sc(N2C(=O)C3=C(C(=O)C4CC(C)C(C)CC4O3)C2c2ccccc2F)nc1C. The highest BCUT2D eigenvalue weighted by atomic mass is 32.1. The van der Waals surface area contributed by atoms with Crippen molar-refractivity contribution < 1.29 is 28.2 Å². The van der Waals surface area contributed by atoms with Gasteiger partial charge in [0.1, 0.15) is 22.8 Å². The Balaban J connectivity index is 1.65. The van der Waals surface area contributed by atoms with E-state index in [1.165, 1.54) is 18.1 Å². The quantitative estimate of drug-likeness (QED) is 0.602. The molecule has 1 amide bonds. The van der Waals surface area contributed by atoms with Crippen LogP contribution in [0.3, 0.4) is 0 Å². The molecule has 1 aromatic carbocycles. The third kappa shape index (κ3) is 3.36. The molecule has 2 aliphatic heterocycles. The van der Waals surface area contributed by atoms with Gasteiger partial charge in [-0.3, -0.25) is 14.5 Å². The summed E-state index contributed by atoms with van der Waals surface area (Å²) in [6.07, 6.45) is 0.948. The molecular weight excluding hydrogens is 459 g/mol. The van der Waals surface area contributed by atoms with Crippen molar-refractivity contribution in [1.82, 2.24) is 4.98 Å². The number of aryl methyl sites for hydroxylation is 1. The molecule has 3 aliphatic rings. The number of ketones is 1. The number of ether oxygens (including phenoxy) is 2. The van der Waals surface area contributed by atoms with E-state index in [1.54, 1.807) is 25.1 Å². The van der Waals surface area contributed by atoms with Crippen LogP contribution >= 0.6 is 11.3 Å². The highest BCUT2D eigenvalue weighted by Crippen LogP contribution is 2.50. The van der Waals surface area contributed by atoms with Gasteiger partial charge >= 0.3 is 5.97 Å². The third-order valence-electron chi connectivity index (χ3n) is 7.27. The first kappa shape index (κ1) is 22.7. The zero-order chi connectivity index (χ0) is 24.3. The van der Waals surface area contributed by atoms with Crippen molar-refractivity contribution in [1.29, 1.82) is 0 Å². The summed E-state index contributed by atoms with van der Waals surface area (Å²) < 4.78 is 26.1. The van der Waals surface area contributed by atoms with E-state index in [0.29, 0.717) is 30.4 Å². The summed E-state index contributed by atoms with van der Waals surface area (Å²) in [5, 5.41) is 0.187. The molecule has 0 bridgehead atoms. The summed E-state index contributed by atoms with van der Waals surface area (Å²) >= 11 is 0.974. The van der Waals surface area contributed by atoms with Gasteiger partial charge in [0.25, 0.3) is 5.91 Å². The molecule has 0 spiro atoms. The van der Waals surface area contributed by atoms with Crippen LogP contribution < -0.4 is 4.90 Å². The number of benzene rings is 1. The fourth-order valence-corrected chi connectivity index (χ4v) is 6.23. The minimum absolute atomic E-state index is 0.0336. The number of carbonyl (C=O) groups is 3. The van der Waals surface area contributed by atoms with E-state index in [1.807, 2.05) is 0 Å². The summed E-state index contributed by atoms with van der Waals surface area (Å²) in [6, 6.07) is 5.04. The zero-order valence-corrected chi connectivity index (χ0v) is 20.1. The number of anilines is 1. The molecule has 5 unspecified atom stereocenters. The Morgan fingerprint density at radius 2 is 1.91 bits per heavy atom. The molecule has 2 aromatic rings. The second-order valence-electron chi connectivity index (χ2n) is 9.30. The molecule has 0 radical (unpaired) electrons. The Hall–Kier alpha value is -3.07. The number of carbonyl (C=O) groups excluding carboxylic acids is 3. The summed E-state index contributed by atoms with van der Waals surface area (Å²) in [4.78, 5) is 45.6. The van der Waals surface area contributed by atoms with Crippen molar-refractivity contribution in [2.24, 2.45) is 17.8 Å². The van der Waals surface area contributed by atoms with E-state index in [9.17, 15) is 14.4 Å². The average Bonchev–Trinajstić information content (AvgIpc) is 3.32. The molecule has 7 nitrogen and oxygen atoms in total. The number of thiazole rings is 1. The maximum absolute atomic E-state index is 15.1. The molecule has 178 valence electrons. The number of nitrogens with zero attached hydrogens (tertiary/aromatic N) is 2. The third-order valence-corrected chi connectivity index (χ3v) is 8.41. The number of hydrogen-bond acceptors (Lipinski definition) is 7. The predicted octanol–water partition coefficient (Wildman–Crippen LogP) is 4.37. The first-order valence-corrected chi connectivity index (χ1v) is 12.1. The minimum atomic E-state index is -1.03. The molecule has 5 rings (SSSR count). The van der Waals surface area contributed by atoms with Gasteiger partial charge in [0.2, 0.25) is 0 Å². The second kappa shape index (κ2) is 8.30. The standard InChI is InChI=1S/C25H25FN2O5S/c1-11-9-15-17(10-12(11)2)33-21-18(20(15)29)19(14-7-5-6-8-16(14)26)28(23(21)30)25-27-13(3)22(34-25)24(31)32-4/h5-8,11-12,15,17,19H,9-10H2,1-4H3. The Bertz CT molecular complexity index is 1240. The second-order valence-corrected chi connectivity index (χ2v) is 10.3. The van der Waals surface area contributed by atoms with Crippen LogP contribution in [0.5, 0.6) is 0 Å². The van der Waals surface area contributed by atoms with E-state index in [2.05, 4.69) is 18.8 Å². The first-order valence-electron chi connectivity index (χ1n) is 11.3. The lowest BCUT2D eigenvalue weighted by molar-refractivity contribution is -0.134. The normalized spacial score (nSPS) is 28.5. The summed E-state index contributed by atoms with van der Waals surface area (Å²) in [7, 11) is 1.26. The lowest BCUT2D eigenvalue weighted by Crippen LogP contribution is -2.43. The van der Waals surface area contributed by atoms with Crippen molar-refractivity contribution >= 4 is 34.1 Å². The Morgan fingerprint density at radius 1 is 1.21 bits per heavy atom. The summed E-state index contributed by atoms with van der Waals surface area (Å²) in [5.41, 5.74) is 0.742. The zero-order valence-electron chi connectivity index (χ0n) is 19.3. The molecule has 3 heterocycles. The fourth-order valence-electron chi connectivity index (χ4n) is 5.22. The van der Waals surface area contributed by atoms with Crippen molar-refractivity contribution in [3.05, 3.63) is 57.5 Å². The molecule has 9 heteroatoms. The molecular formula is C25H25FN2O5S. The molecule has 0 saturated heterocycles. The van der Waals surface area contributed by atoms with E-state index in [-0.39, 0.29) is 44.7 Å². The van der Waals surface area contributed by atoms with Crippen LogP contribution in [0.25, 0.3) is 0 Å². The highest BCUT2D eigenvalue weighted by molar-refractivity contribution is 7.17. The monoisotopic (exact) mass is 484 g/mol. The molecule has 0 N–H and O–H groups in total. The number of fused-ring (bicyclic) bond motifs is 1. The smallest absolute Gasteiger partial charge is 0.350 e.